The third kappa shape index (κ3) is 4.28. The van der Waals surface area contributed by atoms with Gasteiger partial charge < -0.3 is 16.4 Å². The number of anilines is 2. The number of nitrogens with zero attached hydrogens (tertiary/aromatic N) is 1. The summed E-state index contributed by atoms with van der Waals surface area (Å²) in [4.78, 5) is 27.3. The molecule has 0 bridgehead atoms. The first kappa shape index (κ1) is 15.0. The summed E-state index contributed by atoms with van der Waals surface area (Å²) in [5, 5.41) is 7.43. The number of aromatic nitrogens is 1. The van der Waals surface area contributed by atoms with Gasteiger partial charge in [-0.05, 0) is 24.6 Å². The average Bonchev–Trinajstić information content (AvgIpc) is 2.88. The lowest BCUT2D eigenvalue weighted by molar-refractivity contribution is -0.120. The Morgan fingerprint density at radius 2 is 2.00 bits per heavy atom. The molecule has 0 saturated carbocycles. The molecule has 0 aliphatic carbocycles. The lowest BCUT2D eigenvalue weighted by atomic mass is 10.1. The highest BCUT2D eigenvalue weighted by molar-refractivity contribution is 7.13. The van der Waals surface area contributed by atoms with E-state index < -0.39 is 0 Å². The monoisotopic (exact) mass is 304 g/mol. The SMILES string of the molecule is CCNC(=O)Cc1ccc(NC(=O)c2csc(N)n2)cc1. The van der Waals surface area contributed by atoms with Crippen molar-refractivity contribution in [1.29, 1.82) is 0 Å². The first-order valence-corrected chi connectivity index (χ1v) is 7.34. The lowest BCUT2D eigenvalue weighted by Crippen LogP contribution is -2.24. The molecule has 0 radical (unpaired) electrons. The van der Waals surface area contributed by atoms with Gasteiger partial charge in [-0.25, -0.2) is 4.98 Å². The molecule has 0 unspecified atom stereocenters. The summed E-state index contributed by atoms with van der Waals surface area (Å²) in [6, 6.07) is 7.12. The van der Waals surface area contributed by atoms with E-state index in [0.717, 1.165) is 5.56 Å². The maximum Gasteiger partial charge on any atom is 0.275 e. The standard InChI is InChI=1S/C14H16N4O2S/c1-2-16-12(19)7-9-3-5-10(6-4-9)17-13(20)11-8-21-14(15)18-11/h3-6,8H,2,7H2,1H3,(H2,15,18)(H,16,19)(H,17,20). The van der Waals surface area contributed by atoms with Gasteiger partial charge in [0.1, 0.15) is 5.69 Å². The van der Waals surface area contributed by atoms with Crippen LogP contribution >= 0.6 is 11.3 Å². The second-order valence-electron chi connectivity index (χ2n) is 4.35. The molecular formula is C14H16N4O2S. The first-order valence-electron chi connectivity index (χ1n) is 6.46. The Balaban J connectivity index is 1.96. The van der Waals surface area contributed by atoms with Crippen LogP contribution in [0.3, 0.4) is 0 Å². The van der Waals surface area contributed by atoms with Crippen molar-refractivity contribution in [2.24, 2.45) is 0 Å². The molecule has 2 aromatic rings. The Labute approximate surface area is 126 Å². The number of nitrogen functional groups attached to an aromatic ring is 1. The molecule has 6 nitrogen and oxygen atoms in total. The molecule has 1 aromatic carbocycles. The number of hydrogen-bond donors (Lipinski definition) is 3. The topological polar surface area (TPSA) is 97.1 Å². The molecule has 7 heteroatoms. The van der Waals surface area contributed by atoms with Gasteiger partial charge in [-0.1, -0.05) is 12.1 Å². The number of nitrogens with two attached hydrogens (primary N) is 1. The zero-order chi connectivity index (χ0) is 15.2. The number of hydrogen-bond acceptors (Lipinski definition) is 5. The zero-order valence-corrected chi connectivity index (χ0v) is 12.4. The molecule has 21 heavy (non-hydrogen) atoms. The van der Waals surface area contributed by atoms with Gasteiger partial charge in [-0.15, -0.1) is 11.3 Å². The molecular weight excluding hydrogens is 288 g/mol. The van der Waals surface area contributed by atoms with Crippen LogP contribution in [-0.4, -0.2) is 23.3 Å². The van der Waals surface area contributed by atoms with E-state index in [1.165, 1.54) is 11.3 Å². The highest BCUT2D eigenvalue weighted by Gasteiger charge is 2.10. The minimum atomic E-state index is -0.306. The highest BCUT2D eigenvalue weighted by Crippen LogP contribution is 2.14. The minimum Gasteiger partial charge on any atom is -0.375 e. The van der Waals surface area contributed by atoms with Gasteiger partial charge in [0.15, 0.2) is 5.13 Å². The number of carbonyl (C=O) groups excluding carboxylic acids is 2. The summed E-state index contributed by atoms with van der Waals surface area (Å²) in [7, 11) is 0. The van der Waals surface area contributed by atoms with E-state index in [4.69, 9.17) is 5.73 Å². The number of thiazole rings is 1. The fraction of sp³-hybridized carbons (Fsp3) is 0.214. The van der Waals surface area contributed by atoms with Gasteiger partial charge in [-0.3, -0.25) is 9.59 Å². The van der Waals surface area contributed by atoms with Crippen molar-refractivity contribution in [3.8, 4) is 0 Å². The fourth-order valence-electron chi connectivity index (χ4n) is 1.74. The molecule has 0 spiro atoms. The van der Waals surface area contributed by atoms with Crippen molar-refractivity contribution in [2.75, 3.05) is 17.6 Å². The Morgan fingerprint density at radius 3 is 2.57 bits per heavy atom. The molecule has 4 N–H and O–H groups in total. The van der Waals surface area contributed by atoms with E-state index in [1.54, 1.807) is 29.6 Å². The van der Waals surface area contributed by atoms with Crippen LogP contribution in [0.15, 0.2) is 29.6 Å². The number of likely N-dealkylation sites (N-methyl/N-ethyl adjacent to an activating group) is 1. The summed E-state index contributed by atoms with van der Waals surface area (Å²) in [6.45, 7) is 2.49. The third-order valence-electron chi connectivity index (χ3n) is 2.71. The van der Waals surface area contributed by atoms with E-state index >= 15 is 0 Å². The fourth-order valence-corrected chi connectivity index (χ4v) is 2.28. The molecule has 1 heterocycles. The number of benzene rings is 1. The summed E-state index contributed by atoms with van der Waals surface area (Å²) < 4.78 is 0. The predicted molar refractivity (Wildman–Crippen MR) is 83.3 cm³/mol. The van der Waals surface area contributed by atoms with Crippen molar-refractivity contribution < 1.29 is 9.59 Å². The van der Waals surface area contributed by atoms with Gasteiger partial charge in [0.05, 0.1) is 6.42 Å². The zero-order valence-electron chi connectivity index (χ0n) is 11.6. The highest BCUT2D eigenvalue weighted by atomic mass is 32.1. The van der Waals surface area contributed by atoms with Crippen LogP contribution in [0.25, 0.3) is 0 Å². The second kappa shape index (κ2) is 6.85. The van der Waals surface area contributed by atoms with Gasteiger partial charge >= 0.3 is 0 Å². The van der Waals surface area contributed by atoms with Crippen LogP contribution in [-0.2, 0) is 11.2 Å². The van der Waals surface area contributed by atoms with Gasteiger partial charge in [-0.2, -0.15) is 0 Å². The van der Waals surface area contributed by atoms with Crippen LogP contribution in [0.2, 0.25) is 0 Å². The maximum atomic E-state index is 11.9. The molecule has 0 aliphatic rings. The Hall–Kier alpha value is -2.41. The third-order valence-corrected chi connectivity index (χ3v) is 3.38. The second-order valence-corrected chi connectivity index (χ2v) is 5.24. The predicted octanol–water partition coefficient (Wildman–Crippen LogP) is 1.66. The smallest absolute Gasteiger partial charge is 0.275 e. The number of carbonyl (C=O) groups is 2. The van der Waals surface area contributed by atoms with Crippen LogP contribution in [0.1, 0.15) is 23.0 Å². The Morgan fingerprint density at radius 1 is 1.29 bits per heavy atom. The normalized spacial score (nSPS) is 10.1. The van der Waals surface area contributed by atoms with E-state index in [1.807, 2.05) is 6.92 Å². The summed E-state index contributed by atoms with van der Waals surface area (Å²) in [5.74, 6) is -0.327. The van der Waals surface area contributed by atoms with Crippen molar-refractivity contribution >= 4 is 34.0 Å². The number of nitrogens with one attached hydrogen (secondary N) is 2. The molecule has 2 rings (SSSR count). The first-order chi connectivity index (χ1) is 10.1. The van der Waals surface area contributed by atoms with Crippen LogP contribution < -0.4 is 16.4 Å². The van der Waals surface area contributed by atoms with Gasteiger partial charge in [0.2, 0.25) is 5.91 Å². The average molecular weight is 304 g/mol. The van der Waals surface area contributed by atoms with Gasteiger partial charge in [0, 0.05) is 17.6 Å². The van der Waals surface area contributed by atoms with Crippen molar-refractivity contribution in [3.05, 3.63) is 40.9 Å². The summed E-state index contributed by atoms with van der Waals surface area (Å²) in [5.41, 5.74) is 7.32. The minimum absolute atomic E-state index is 0.0211. The summed E-state index contributed by atoms with van der Waals surface area (Å²) in [6.07, 6.45) is 0.324. The van der Waals surface area contributed by atoms with E-state index in [9.17, 15) is 9.59 Å². The van der Waals surface area contributed by atoms with Crippen LogP contribution in [0.5, 0.6) is 0 Å². The van der Waals surface area contributed by atoms with E-state index in [0.29, 0.717) is 29.5 Å². The largest absolute Gasteiger partial charge is 0.375 e. The summed E-state index contributed by atoms with van der Waals surface area (Å²) >= 11 is 1.22. The number of rotatable bonds is 5. The van der Waals surface area contributed by atoms with Crippen LogP contribution in [0, 0.1) is 0 Å². The molecule has 0 saturated heterocycles. The molecule has 0 atom stereocenters. The molecule has 1 aromatic heterocycles. The van der Waals surface area contributed by atoms with Crippen molar-refractivity contribution in [3.63, 3.8) is 0 Å². The molecule has 110 valence electrons. The van der Waals surface area contributed by atoms with Gasteiger partial charge in [0.25, 0.3) is 5.91 Å². The Kier molecular flexibility index (Phi) is 4.89. The van der Waals surface area contributed by atoms with Crippen molar-refractivity contribution in [2.45, 2.75) is 13.3 Å². The molecule has 0 aliphatic heterocycles. The quantitative estimate of drug-likeness (QED) is 0.782. The Bertz CT molecular complexity index is 637. The number of amides is 2. The van der Waals surface area contributed by atoms with E-state index in [-0.39, 0.29) is 11.8 Å². The maximum absolute atomic E-state index is 11.9. The van der Waals surface area contributed by atoms with Crippen molar-refractivity contribution in [1.82, 2.24) is 10.3 Å². The lowest BCUT2D eigenvalue weighted by Gasteiger charge is -2.05. The van der Waals surface area contributed by atoms with Crippen LogP contribution in [0.4, 0.5) is 10.8 Å². The van der Waals surface area contributed by atoms with E-state index in [2.05, 4.69) is 15.6 Å². The molecule has 0 fully saturated rings. The molecule has 2 amide bonds.